The summed E-state index contributed by atoms with van der Waals surface area (Å²) in [6.45, 7) is 0. The summed E-state index contributed by atoms with van der Waals surface area (Å²) in [5.41, 5.74) is 1.27. The van der Waals surface area contributed by atoms with Crippen LogP contribution in [0.15, 0.2) is 48.7 Å². The quantitative estimate of drug-likeness (QED) is 0.821. The molecule has 1 aromatic carbocycles. The molecular weight excluding hydrogens is 351 g/mol. The number of carbonyl (C=O) groups excluding carboxylic acids is 1. The number of halogens is 1. The molecule has 1 aromatic heterocycles. The maximum Gasteiger partial charge on any atom is 0.225 e. The Morgan fingerprint density at radius 2 is 1.95 bits per heavy atom. The Morgan fingerprint density at radius 1 is 1.16 bits per heavy atom. The molecule has 2 rings (SSSR count). The number of aryl methyl sites for hydroxylation is 1. The van der Waals surface area contributed by atoms with E-state index in [4.69, 9.17) is 0 Å². The highest BCUT2D eigenvalue weighted by Crippen LogP contribution is 2.09. The van der Waals surface area contributed by atoms with E-state index in [1.54, 1.807) is 6.20 Å². The van der Waals surface area contributed by atoms with Gasteiger partial charge >= 0.3 is 0 Å². The molecule has 0 atom stereocenters. The molecule has 1 N–H and O–H groups in total. The van der Waals surface area contributed by atoms with Crippen LogP contribution >= 0.6 is 22.6 Å². The van der Waals surface area contributed by atoms with Gasteiger partial charge in [-0.15, -0.1) is 0 Å². The van der Waals surface area contributed by atoms with E-state index in [0.29, 0.717) is 12.2 Å². The molecule has 0 saturated carbocycles. The standard InChI is InChI=1S/C15H15IN2O/c16-13-9-10-14(17-11-13)18-15(19)8-4-7-12-5-2-1-3-6-12/h1-3,5-6,9-11H,4,7-8H2,(H,17,18,19). The first kappa shape index (κ1) is 14.0. The van der Waals surface area contributed by atoms with Crippen molar-refractivity contribution in [2.24, 2.45) is 0 Å². The molecule has 98 valence electrons. The van der Waals surface area contributed by atoms with Gasteiger partial charge in [0.05, 0.1) is 0 Å². The number of anilines is 1. The van der Waals surface area contributed by atoms with Crippen LogP contribution in [0.25, 0.3) is 0 Å². The van der Waals surface area contributed by atoms with Gasteiger partial charge in [-0.1, -0.05) is 30.3 Å². The van der Waals surface area contributed by atoms with Gasteiger partial charge < -0.3 is 5.32 Å². The molecule has 19 heavy (non-hydrogen) atoms. The third kappa shape index (κ3) is 4.98. The van der Waals surface area contributed by atoms with E-state index in [1.165, 1.54) is 5.56 Å². The van der Waals surface area contributed by atoms with E-state index >= 15 is 0 Å². The molecule has 1 heterocycles. The van der Waals surface area contributed by atoms with Crippen molar-refractivity contribution in [1.29, 1.82) is 0 Å². The van der Waals surface area contributed by atoms with Crippen LogP contribution in [0.3, 0.4) is 0 Å². The largest absolute Gasteiger partial charge is 0.311 e. The Morgan fingerprint density at radius 3 is 2.63 bits per heavy atom. The number of rotatable bonds is 5. The van der Waals surface area contributed by atoms with Crippen LogP contribution in [-0.4, -0.2) is 10.9 Å². The van der Waals surface area contributed by atoms with Crippen molar-refractivity contribution in [1.82, 2.24) is 4.98 Å². The first-order valence-corrected chi connectivity index (χ1v) is 7.27. The first-order chi connectivity index (χ1) is 9.24. The number of pyridine rings is 1. The van der Waals surface area contributed by atoms with Crippen LogP contribution in [0.2, 0.25) is 0 Å². The van der Waals surface area contributed by atoms with E-state index < -0.39 is 0 Å². The van der Waals surface area contributed by atoms with Crippen LogP contribution in [-0.2, 0) is 11.2 Å². The summed E-state index contributed by atoms with van der Waals surface area (Å²) in [6.07, 6.45) is 4.03. The second kappa shape index (κ2) is 7.23. The summed E-state index contributed by atoms with van der Waals surface area (Å²) in [6, 6.07) is 13.9. The van der Waals surface area contributed by atoms with Gasteiger partial charge in [0.25, 0.3) is 0 Å². The lowest BCUT2D eigenvalue weighted by Crippen LogP contribution is -2.12. The van der Waals surface area contributed by atoms with Gasteiger partial charge in [-0.25, -0.2) is 4.98 Å². The molecule has 0 bridgehead atoms. The van der Waals surface area contributed by atoms with Crippen molar-refractivity contribution in [2.45, 2.75) is 19.3 Å². The highest BCUT2D eigenvalue weighted by molar-refractivity contribution is 14.1. The summed E-state index contributed by atoms with van der Waals surface area (Å²) >= 11 is 2.18. The van der Waals surface area contributed by atoms with E-state index in [9.17, 15) is 4.79 Å². The average molecular weight is 366 g/mol. The molecule has 0 aliphatic rings. The van der Waals surface area contributed by atoms with E-state index in [1.807, 2.05) is 30.3 Å². The van der Waals surface area contributed by atoms with Gasteiger partial charge in [0.15, 0.2) is 0 Å². The fourth-order valence-electron chi connectivity index (χ4n) is 1.75. The van der Waals surface area contributed by atoms with Crippen LogP contribution < -0.4 is 5.32 Å². The molecule has 0 radical (unpaired) electrons. The zero-order valence-electron chi connectivity index (χ0n) is 10.5. The Kier molecular flexibility index (Phi) is 5.32. The number of hydrogen-bond donors (Lipinski definition) is 1. The van der Waals surface area contributed by atoms with Gasteiger partial charge in [-0.3, -0.25) is 4.79 Å². The van der Waals surface area contributed by atoms with Crippen LogP contribution in [0.5, 0.6) is 0 Å². The third-order valence-electron chi connectivity index (χ3n) is 2.71. The zero-order chi connectivity index (χ0) is 13.5. The smallest absolute Gasteiger partial charge is 0.225 e. The van der Waals surface area contributed by atoms with E-state index in [0.717, 1.165) is 16.4 Å². The minimum Gasteiger partial charge on any atom is -0.311 e. The fourth-order valence-corrected chi connectivity index (χ4v) is 2.07. The minimum atomic E-state index is 0.0182. The Hall–Kier alpha value is -1.43. The summed E-state index contributed by atoms with van der Waals surface area (Å²) in [5.74, 6) is 0.634. The third-order valence-corrected chi connectivity index (χ3v) is 3.35. The number of carbonyl (C=O) groups is 1. The SMILES string of the molecule is O=C(CCCc1ccccc1)Nc1ccc(I)cn1. The fraction of sp³-hybridized carbons (Fsp3) is 0.200. The monoisotopic (exact) mass is 366 g/mol. The lowest BCUT2D eigenvalue weighted by Gasteiger charge is -2.04. The molecule has 0 unspecified atom stereocenters. The second-order valence-corrected chi connectivity index (χ2v) is 5.49. The molecule has 4 heteroatoms. The van der Waals surface area contributed by atoms with Gasteiger partial charge in [0.1, 0.15) is 5.82 Å². The van der Waals surface area contributed by atoms with Crippen molar-refractivity contribution in [3.8, 4) is 0 Å². The van der Waals surface area contributed by atoms with Gasteiger partial charge in [-0.2, -0.15) is 0 Å². The van der Waals surface area contributed by atoms with Crippen molar-refractivity contribution in [3.63, 3.8) is 0 Å². The molecule has 0 spiro atoms. The summed E-state index contributed by atoms with van der Waals surface area (Å²) < 4.78 is 1.06. The van der Waals surface area contributed by atoms with Crippen LogP contribution in [0, 0.1) is 3.57 Å². The van der Waals surface area contributed by atoms with Crippen LogP contribution in [0.4, 0.5) is 5.82 Å². The minimum absolute atomic E-state index is 0.0182. The van der Waals surface area contributed by atoms with Crippen LogP contribution in [0.1, 0.15) is 18.4 Å². The molecular formula is C15H15IN2O. The van der Waals surface area contributed by atoms with E-state index in [2.05, 4.69) is 45.0 Å². The number of nitrogens with zero attached hydrogens (tertiary/aromatic N) is 1. The van der Waals surface area contributed by atoms with Gasteiger partial charge in [-0.05, 0) is 53.1 Å². The number of hydrogen-bond acceptors (Lipinski definition) is 2. The van der Waals surface area contributed by atoms with Gasteiger partial charge in [0, 0.05) is 16.2 Å². The second-order valence-electron chi connectivity index (χ2n) is 4.25. The number of aromatic nitrogens is 1. The molecule has 0 fully saturated rings. The number of amides is 1. The summed E-state index contributed by atoms with van der Waals surface area (Å²) in [7, 11) is 0. The molecule has 1 amide bonds. The highest BCUT2D eigenvalue weighted by Gasteiger charge is 2.03. The predicted octanol–water partition coefficient (Wildman–Crippen LogP) is 3.65. The maximum absolute atomic E-state index is 11.7. The number of benzene rings is 1. The molecule has 3 nitrogen and oxygen atoms in total. The molecule has 2 aromatic rings. The Labute approximate surface area is 126 Å². The van der Waals surface area contributed by atoms with Crippen molar-refractivity contribution < 1.29 is 4.79 Å². The van der Waals surface area contributed by atoms with Gasteiger partial charge in [0.2, 0.25) is 5.91 Å². The first-order valence-electron chi connectivity index (χ1n) is 6.19. The normalized spacial score (nSPS) is 10.2. The van der Waals surface area contributed by atoms with E-state index in [-0.39, 0.29) is 5.91 Å². The predicted molar refractivity (Wildman–Crippen MR) is 85.0 cm³/mol. The van der Waals surface area contributed by atoms with Crippen molar-refractivity contribution in [2.75, 3.05) is 5.32 Å². The molecule has 0 aliphatic heterocycles. The molecule has 0 saturated heterocycles. The lowest BCUT2D eigenvalue weighted by molar-refractivity contribution is -0.116. The topological polar surface area (TPSA) is 42.0 Å². The highest BCUT2D eigenvalue weighted by atomic mass is 127. The van der Waals surface area contributed by atoms with Crippen molar-refractivity contribution in [3.05, 3.63) is 57.8 Å². The number of nitrogens with one attached hydrogen (secondary N) is 1. The maximum atomic E-state index is 11.7. The Balaban J connectivity index is 1.74. The van der Waals surface area contributed by atoms with Crippen molar-refractivity contribution >= 4 is 34.3 Å². The zero-order valence-corrected chi connectivity index (χ0v) is 12.6. The average Bonchev–Trinajstić information content (AvgIpc) is 2.43. The summed E-state index contributed by atoms with van der Waals surface area (Å²) in [5, 5.41) is 2.80. The Bertz CT molecular complexity index is 526. The molecule has 0 aliphatic carbocycles. The summed E-state index contributed by atoms with van der Waals surface area (Å²) in [4.78, 5) is 15.9. The lowest BCUT2D eigenvalue weighted by atomic mass is 10.1.